The van der Waals surface area contributed by atoms with Crippen molar-refractivity contribution in [1.82, 2.24) is 20.4 Å². The van der Waals surface area contributed by atoms with Crippen LogP contribution >= 0.6 is 0 Å². The maximum Gasteiger partial charge on any atom is 0.325 e. The van der Waals surface area contributed by atoms with Crippen molar-refractivity contribution < 1.29 is 9.59 Å². The van der Waals surface area contributed by atoms with Crippen molar-refractivity contribution in [3.63, 3.8) is 0 Å². The molecule has 3 amide bonds. The number of amides is 3. The lowest BCUT2D eigenvalue weighted by molar-refractivity contribution is -0.130. The Morgan fingerprint density at radius 2 is 2.00 bits per heavy atom. The van der Waals surface area contributed by atoms with Crippen molar-refractivity contribution in [3.8, 4) is 0 Å². The van der Waals surface area contributed by atoms with Crippen molar-refractivity contribution in [2.75, 3.05) is 32.7 Å². The average Bonchev–Trinajstić information content (AvgIpc) is 2.44. The molecule has 0 radical (unpaired) electrons. The van der Waals surface area contributed by atoms with Gasteiger partial charge >= 0.3 is 6.03 Å². The Hall–Kier alpha value is -1.14. The van der Waals surface area contributed by atoms with Gasteiger partial charge in [-0.25, -0.2) is 4.79 Å². The van der Waals surface area contributed by atoms with Gasteiger partial charge < -0.3 is 10.6 Å². The lowest BCUT2D eigenvalue weighted by Crippen LogP contribution is -2.58. The van der Waals surface area contributed by atoms with Crippen LogP contribution in [0.15, 0.2) is 0 Å². The molecule has 0 saturated carbocycles. The fourth-order valence-corrected chi connectivity index (χ4v) is 2.55. The molecule has 0 aromatic rings. The first-order valence-corrected chi connectivity index (χ1v) is 7.04. The zero-order valence-corrected chi connectivity index (χ0v) is 12.0. The van der Waals surface area contributed by atoms with Gasteiger partial charge in [-0.15, -0.1) is 0 Å². The van der Waals surface area contributed by atoms with Gasteiger partial charge in [0.25, 0.3) is 5.91 Å². The molecule has 0 bridgehead atoms. The van der Waals surface area contributed by atoms with Crippen LogP contribution in [0.25, 0.3) is 0 Å². The molecule has 0 unspecified atom stereocenters. The molecule has 6 heteroatoms. The Morgan fingerprint density at radius 1 is 1.32 bits per heavy atom. The Morgan fingerprint density at radius 3 is 2.42 bits per heavy atom. The number of imide groups is 1. The predicted octanol–water partition coefficient (Wildman–Crippen LogP) is 0.000600. The number of carbonyl (C=O) groups is 2. The highest BCUT2D eigenvalue weighted by atomic mass is 16.2. The Kier molecular flexibility index (Phi) is 4.10. The molecular formula is C13H24N4O2. The molecular weight excluding hydrogens is 244 g/mol. The quantitative estimate of drug-likeness (QED) is 0.666. The minimum absolute atomic E-state index is 0.124. The highest BCUT2D eigenvalue weighted by Crippen LogP contribution is 2.16. The molecule has 0 aliphatic carbocycles. The van der Waals surface area contributed by atoms with E-state index in [2.05, 4.69) is 22.5 Å². The zero-order chi connectivity index (χ0) is 14.0. The lowest BCUT2D eigenvalue weighted by atomic mass is 10.1. The molecule has 2 N–H and O–H groups in total. The molecule has 2 saturated heterocycles. The molecule has 2 heterocycles. The van der Waals surface area contributed by atoms with E-state index < -0.39 is 5.54 Å². The van der Waals surface area contributed by atoms with E-state index in [1.165, 1.54) is 4.90 Å². The molecule has 2 aliphatic heterocycles. The molecule has 2 aliphatic rings. The van der Waals surface area contributed by atoms with Gasteiger partial charge in [-0.1, -0.05) is 6.92 Å². The first-order valence-electron chi connectivity index (χ1n) is 7.04. The van der Waals surface area contributed by atoms with Crippen LogP contribution in [-0.4, -0.2) is 66.0 Å². The molecule has 2 rings (SSSR count). The highest BCUT2D eigenvalue weighted by Gasteiger charge is 2.44. The van der Waals surface area contributed by atoms with Gasteiger partial charge in [0.2, 0.25) is 0 Å². The van der Waals surface area contributed by atoms with Gasteiger partial charge in [0.1, 0.15) is 5.54 Å². The summed E-state index contributed by atoms with van der Waals surface area (Å²) in [5, 5.41) is 5.97. The van der Waals surface area contributed by atoms with Crippen LogP contribution in [0.3, 0.4) is 0 Å². The molecule has 108 valence electrons. The van der Waals surface area contributed by atoms with Crippen LogP contribution < -0.4 is 10.6 Å². The molecule has 6 nitrogen and oxygen atoms in total. The summed E-state index contributed by atoms with van der Waals surface area (Å²) in [6, 6.07) is 0.284. The summed E-state index contributed by atoms with van der Waals surface area (Å²) in [6.45, 7) is 9.90. The van der Waals surface area contributed by atoms with E-state index in [0.29, 0.717) is 12.6 Å². The maximum absolute atomic E-state index is 12.1. The van der Waals surface area contributed by atoms with Gasteiger partial charge in [0.05, 0.1) is 0 Å². The number of urea groups is 1. The smallest absolute Gasteiger partial charge is 0.324 e. The Bertz CT molecular complexity index is 366. The SMILES string of the molecule is CCCN(CCN1C(=O)NC(C)(C)C1=O)C1CNC1. The third kappa shape index (κ3) is 2.90. The largest absolute Gasteiger partial charge is 0.325 e. The topological polar surface area (TPSA) is 64.7 Å². The van der Waals surface area contributed by atoms with Gasteiger partial charge in [0, 0.05) is 32.2 Å². The van der Waals surface area contributed by atoms with Crippen LogP contribution in [-0.2, 0) is 4.79 Å². The maximum atomic E-state index is 12.1. The van der Waals surface area contributed by atoms with Crippen molar-refractivity contribution in [3.05, 3.63) is 0 Å². The second-order valence-electron chi connectivity index (χ2n) is 5.86. The number of nitrogens with zero attached hydrogens (tertiary/aromatic N) is 2. The number of carbonyl (C=O) groups excluding carboxylic acids is 2. The number of hydrogen-bond donors (Lipinski definition) is 2. The van der Waals surface area contributed by atoms with Crippen molar-refractivity contribution in [2.45, 2.75) is 38.8 Å². The number of rotatable bonds is 6. The fraction of sp³-hybridized carbons (Fsp3) is 0.846. The number of nitrogens with one attached hydrogen (secondary N) is 2. The fourth-order valence-electron chi connectivity index (χ4n) is 2.55. The van der Waals surface area contributed by atoms with Crippen molar-refractivity contribution in [2.24, 2.45) is 0 Å². The molecule has 0 aromatic heterocycles. The first kappa shape index (κ1) is 14.3. The van der Waals surface area contributed by atoms with E-state index >= 15 is 0 Å². The first-order chi connectivity index (χ1) is 8.95. The molecule has 19 heavy (non-hydrogen) atoms. The summed E-state index contributed by atoms with van der Waals surface area (Å²) in [6.07, 6.45) is 1.09. The van der Waals surface area contributed by atoms with Crippen LogP contribution in [0.2, 0.25) is 0 Å². The van der Waals surface area contributed by atoms with E-state index in [1.807, 2.05) is 0 Å². The molecule has 0 aromatic carbocycles. The second kappa shape index (κ2) is 5.46. The van der Waals surface area contributed by atoms with E-state index in [9.17, 15) is 9.59 Å². The van der Waals surface area contributed by atoms with Crippen molar-refractivity contribution in [1.29, 1.82) is 0 Å². The number of hydrogen-bond acceptors (Lipinski definition) is 4. The molecule has 0 atom stereocenters. The summed E-state index contributed by atoms with van der Waals surface area (Å²) in [5.41, 5.74) is -0.759. The normalized spacial score (nSPS) is 22.8. The standard InChI is InChI=1S/C13H24N4O2/c1-4-5-16(10-8-14-9-10)6-7-17-11(18)13(2,3)15-12(17)19/h10,14H,4-9H2,1-3H3,(H,15,19). The second-order valence-corrected chi connectivity index (χ2v) is 5.86. The van der Waals surface area contributed by atoms with Crippen LogP contribution in [0, 0.1) is 0 Å². The van der Waals surface area contributed by atoms with Crippen LogP contribution in [0.4, 0.5) is 4.79 Å². The summed E-state index contributed by atoms with van der Waals surface area (Å²) in [4.78, 5) is 27.6. The van der Waals surface area contributed by atoms with Crippen molar-refractivity contribution >= 4 is 11.9 Å². The Labute approximate surface area is 114 Å². The van der Waals surface area contributed by atoms with E-state index in [-0.39, 0.29) is 11.9 Å². The highest BCUT2D eigenvalue weighted by molar-refractivity contribution is 6.06. The van der Waals surface area contributed by atoms with Gasteiger partial charge in [-0.05, 0) is 26.8 Å². The third-order valence-electron chi connectivity index (χ3n) is 3.84. The van der Waals surface area contributed by atoms with Gasteiger partial charge in [-0.2, -0.15) is 0 Å². The molecule has 2 fully saturated rings. The summed E-state index contributed by atoms with van der Waals surface area (Å²) >= 11 is 0. The Balaban J connectivity index is 1.89. The monoisotopic (exact) mass is 268 g/mol. The lowest BCUT2D eigenvalue weighted by Gasteiger charge is -2.38. The van der Waals surface area contributed by atoms with E-state index in [4.69, 9.17) is 0 Å². The summed E-state index contributed by atoms with van der Waals surface area (Å²) < 4.78 is 0. The van der Waals surface area contributed by atoms with E-state index in [1.54, 1.807) is 13.8 Å². The van der Waals surface area contributed by atoms with Gasteiger partial charge in [0.15, 0.2) is 0 Å². The predicted molar refractivity (Wildman–Crippen MR) is 72.8 cm³/mol. The van der Waals surface area contributed by atoms with Crippen LogP contribution in [0.5, 0.6) is 0 Å². The zero-order valence-electron chi connectivity index (χ0n) is 12.0. The minimum atomic E-state index is -0.759. The van der Waals surface area contributed by atoms with Crippen LogP contribution in [0.1, 0.15) is 27.2 Å². The summed E-state index contributed by atoms with van der Waals surface area (Å²) in [7, 11) is 0. The van der Waals surface area contributed by atoms with Gasteiger partial charge in [-0.3, -0.25) is 14.6 Å². The minimum Gasteiger partial charge on any atom is -0.324 e. The third-order valence-corrected chi connectivity index (χ3v) is 3.84. The summed E-state index contributed by atoms with van der Waals surface area (Å²) in [5.74, 6) is -0.124. The molecule has 0 spiro atoms. The average molecular weight is 268 g/mol. The van der Waals surface area contributed by atoms with E-state index in [0.717, 1.165) is 32.6 Å².